The molecule has 2 aromatic rings. The average molecular weight is 265 g/mol. The van der Waals surface area contributed by atoms with E-state index in [0.29, 0.717) is 5.13 Å². The van der Waals surface area contributed by atoms with Gasteiger partial charge in [-0.3, -0.25) is 10.1 Å². The molecule has 0 saturated heterocycles. The van der Waals surface area contributed by atoms with Gasteiger partial charge in [0.25, 0.3) is 0 Å². The van der Waals surface area contributed by atoms with E-state index >= 15 is 0 Å². The monoisotopic (exact) mass is 265 g/mol. The third kappa shape index (κ3) is 2.75. The second-order valence-electron chi connectivity index (χ2n) is 3.65. The highest BCUT2D eigenvalue weighted by molar-refractivity contribution is 7.22. The second kappa shape index (κ2) is 5.01. The first-order chi connectivity index (χ1) is 8.56. The van der Waals surface area contributed by atoms with E-state index in [2.05, 4.69) is 15.6 Å². The van der Waals surface area contributed by atoms with Gasteiger partial charge in [0.05, 0.1) is 10.2 Å². The van der Waals surface area contributed by atoms with Crippen LogP contribution in [-0.2, 0) is 4.79 Å². The van der Waals surface area contributed by atoms with Crippen LogP contribution in [0.25, 0.3) is 10.2 Å². The Morgan fingerprint density at radius 2 is 2.11 bits per heavy atom. The maximum atomic E-state index is 11.5. The largest absolute Gasteiger partial charge is 0.480 e. The molecule has 18 heavy (non-hydrogen) atoms. The summed E-state index contributed by atoms with van der Waals surface area (Å²) >= 11 is 1.33. The van der Waals surface area contributed by atoms with Crippen molar-refractivity contribution in [1.82, 2.24) is 10.3 Å². The van der Waals surface area contributed by atoms with E-state index < -0.39 is 18.0 Å². The smallest absolute Gasteiger partial charge is 0.325 e. The first-order valence-electron chi connectivity index (χ1n) is 5.22. The van der Waals surface area contributed by atoms with Crippen LogP contribution in [0.1, 0.15) is 6.92 Å². The van der Waals surface area contributed by atoms with Crippen molar-refractivity contribution in [3.63, 3.8) is 0 Å². The van der Waals surface area contributed by atoms with Crippen molar-refractivity contribution >= 4 is 38.7 Å². The summed E-state index contributed by atoms with van der Waals surface area (Å²) in [5, 5.41) is 13.9. The molecule has 0 saturated carbocycles. The molecule has 0 radical (unpaired) electrons. The minimum absolute atomic E-state index is 0.436. The van der Waals surface area contributed by atoms with Crippen molar-refractivity contribution < 1.29 is 14.7 Å². The van der Waals surface area contributed by atoms with Crippen LogP contribution in [0.5, 0.6) is 0 Å². The molecule has 0 aliphatic rings. The molecule has 94 valence electrons. The number of anilines is 1. The number of para-hydroxylation sites is 1. The van der Waals surface area contributed by atoms with Crippen LogP contribution in [0.3, 0.4) is 0 Å². The highest BCUT2D eigenvalue weighted by Gasteiger charge is 2.14. The van der Waals surface area contributed by atoms with Gasteiger partial charge in [0, 0.05) is 0 Å². The van der Waals surface area contributed by atoms with Crippen LogP contribution in [0.2, 0.25) is 0 Å². The van der Waals surface area contributed by atoms with Crippen LogP contribution in [-0.4, -0.2) is 28.1 Å². The number of urea groups is 1. The summed E-state index contributed by atoms with van der Waals surface area (Å²) in [6.45, 7) is 1.39. The van der Waals surface area contributed by atoms with Crippen molar-refractivity contribution in [2.24, 2.45) is 0 Å². The summed E-state index contributed by atoms with van der Waals surface area (Å²) in [6, 6.07) is 5.96. The SMILES string of the molecule is C[C@@H](NC(=O)Nc1nc2ccccc2s1)C(=O)O. The summed E-state index contributed by atoms with van der Waals surface area (Å²) < 4.78 is 0.957. The normalized spacial score (nSPS) is 12.1. The van der Waals surface area contributed by atoms with Gasteiger partial charge in [-0.1, -0.05) is 23.5 Å². The van der Waals surface area contributed by atoms with Crippen LogP contribution >= 0.6 is 11.3 Å². The second-order valence-corrected chi connectivity index (χ2v) is 4.68. The van der Waals surface area contributed by atoms with Crippen LogP contribution < -0.4 is 10.6 Å². The summed E-state index contributed by atoms with van der Waals surface area (Å²) in [7, 11) is 0. The lowest BCUT2D eigenvalue weighted by Gasteiger charge is -2.08. The highest BCUT2D eigenvalue weighted by Crippen LogP contribution is 2.25. The van der Waals surface area contributed by atoms with Crippen molar-refractivity contribution in [2.45, 2.75) is 13.0 Å². The standard InChI is InChI=1S/C11H11N3O3S/c1-6(9(15)16)12-10(17)14-11-13-7-4-2-3-5-8(7)18-11/h2-6H,1H3,(H,15,16)(H2,12,13,14,17)/t6-/m1/s1. The number of carbonyl (C=O) groups is 2. The van der Waals surface area contributed by atoms with Gasteiger partial charge in [-0.15, -0.1) is 0 Å². The van der Waals surface area contributed by atoms with Crippen LogP contribution in [0, 0.1) is 0 Å². The lowest BCUT2D eigenvalue weighted by atomic mass is 10.3. The molecule has 3 N–H and O–H groups in total. The molecule has 2 amide bonds. The van der Waals surface area contributed by atoms with Crippen molar-refractivity contribution in [3.8, 4) is 0 Å². The number of fused-ring (bicyclic) bond motifs is 1. The summed E-state index contributed by atoms with van der Waals surface area (Å²) in [4.78, 5) is 26.3. The molecule has 0 fully saturated rings. The van der Waals surface area contributed by atoms with Crippen LogP contribution in [0.15, 0.2) is 24.3 Å². The average Bonchev–Trinajstić information content (AvgIpc) is 2.70. The molecule has 2 rings (SSSR count). The molecular weight excluding hydrogens is 254 g/mol. The highest BCUT2D eigenvalue weighted by atomic mass is 32.1. The van der Waals surface area contributed by atoms with Gasteiger partial charge in [0.2, 0.25) is 0 Å². The molecule has 0 aliphatic carbocycles. The third-order valence-electron chi connectivity index (χ3n) is 2.23. The Morgan fingerprint density at radius 1 is 1.39 bits per heavy atom. The predicted molar refractivity (Wildman–Crippen MR) is 68.9 cm³/mol. The first kappa shape index (κ1) is 12.3. The molecule has 7 heteroatoms. The third-order valence-corrected chi connectivity index (χ3v) is 3.18. The fourth-order valence-corrected chi connectivity index (χ4v) is 2.18. The quantitative estimate of drug-likeness (QED) is 0.790. The Morgan fingerprint density at radius 3 is 2.78 bits per heavy atom. The molecule has 0 spiro atoms. The number of hydrogen-bond acceptors (Lipinski definition) is 4. The number of benzene rings is 1. The lowest BCUT2D eigenvalue weighted by molar-refractivity contribution is -0.138. The number of carboxylic acids is 1. The molecule has 6 nitrogen and oxygen atoms in total. The number of hydrogen-bond donors (Lipinski definition) is 3. The summed E-state index contributed by atoms with van der Waals surface area (Å²) in [6.07, 6.45) is 0. The number of thiazole rings is 1. The number of carbonyl (C=O) groups excluding carboxylic acids is 1. The molecule has 0 bridgehead atoms. The number of aliphatic carboxylic acids is 1. The van der Waals surface area contributed by atoms with Crippen molar-refractivity contribution in [3.05, 3.63) is 24.3 Å². The first-order valence-corrected chi connectivity index (χ1v) is 6.04. The molecule has 0 unspecified atom stereocenters. The number of aromatic nitrogens is 1. The van der Waals surface area contributed by atoms with E-state index in [9.17, 15) is 9.59 Å². The Bertz CT molecular complexity index is 563. The molecule has 1 atom stereocenters. The maximum absolute atomic E-state index is 11.5. The Kier molecular flexibility index (Phi) is 3.42. The maximum Gasteiger partial charge on any atom is 0.325 e. The lowest BCUT2D eigenvalue weighted by Crippen LogP contribution is -2.40. The number of rotatable bonds is 3. The van der Waals surface area contributed by atoms with Gasteiger partial charge in [-0.05, 0) is 19.1 Å². The van der Waals surface area contributed by atoms with Gasteiger partial charge in [-0.25, -0.2) is 9.78 Å². The number of nitrogens with one attached hydrogen (secondary N) is 2. The summed E-state index contributed by atoms with van der Waals surface area (Å²) in [5.41, 5.74) is 0.795. The van der Waals surface area contributed by atoms with Crippen LogP contribution in [0.4, 0.5) is 9.93 Å². The van der Waals surface area contributed by atoms with Crippen molar-refractivity contribution in [1.29, 1.82) is 0 Å². The fourth-order valence-electron chi connectivity index (χ4n) is 1.32. The van der Waals surface area contributed by atoms with Gasteiger partial charge >= 0.3 is 12.0 Å². The fraction of sp³-hybridized carbons (Fsp3) is 0.182. The van der Waals surface area contributed by atoms with E-state index in [1.165, 1.54) is 18.3 Å². The predicted octanol–water partition coefficient (Wildman–Crippen LogP) is 1.89. The number of carboxylic acid groups (broad SMARTS) is 1. The minimum atomic E-state index is -1.09. The topological polar surface area (TPSA) is 91.3 Å². The van der Waals surface area contributed by atoms with Gasteiger partial charge in [-0.2, -0.15) is 0 Å². The number of amides is 2. The molecule has 1 aromatic heterocycles. The van der Waals surface area contributed by atoms with E-state index in [1.54, 1.807) is 0 Å². The Hall–Kier alpha value is -2.15. The zero-order valence-corrected chi connectivity index (χ0v) is 10.3. The Labute approximate surface area is 107 Å². The van der Waals surface area contributed by atoms with Gasteiger partial charge in [0.1, 0.15) is 6.04 Å². The zero-order valence-electron chi connectivity index (χ0n) is 9.51. The van der Waals surface area contributed by atoms with E-state index in [0.717, 1.165) is 10.2 Å². The molecular formula is C11H11N3O3S. The summed E-state index contributed by atoms with van der Waals surface area (Å²) in [5.74, 6) is -1.09. The molecule has 1 aromatic carbocycles. The van der Waals surface area contributed by atoms with E-state index in [1.807, 2.05) is 24.3 Å². The Balaban J connectivity index is 2.05. The van der Waals surface area contributed by atoms with E-state index in [4.69, 9.17) is 5.11 Å². The number of nitrogens with zero attached hydrogens (tertiary/aromatic N) is 1. The van der Waals surface area contributed by atoms with Gasteiger partial charge in [0.15, 0.2) is 5.13 Å². The van der Waals surface area contributed by atoms with Gasteiger partial charge < -0.3 is 10.4 Å². The minimum Gasteiger partial charge on any atom is -0.480 e. The molecule has 0 aliphatic heterocycles. The van der Waals surface area contributed by atoms with Crippen molar-refractivity contribution in [2.75, 3.05) is 5.32 Å². The zero-order chi connectivity index (χ0) is 13.1. The van der Waals surface area contributed by atoms with E-state index in [-0.39, 0.29) is 0 Å². The molecule has 1 heterocycles.